The van der Waals surface area contributed by atoms with Crippen LogP contribution in [0.1, 0.15) is 5.56 Å². The first-order valence-electron chi connectivity index (χ1n) is 8.23. The summed E-state index contributed by atoms with van der Waals surface area (Å²) in [6.45, 7) is 14.5. The maximum absolute atomic E-state index is 12.6. The van der Waals surface area contributed by atoms with Gasteiger partial charge in [-0.1, -0.05) is 69.6 Å². The van der Waals surface area contributed by atoms with Crippen molar-refractivity contribution in [2.24, 2.45) is 0 Å². The molecule has 0 bridgehead atoms. The minimum Gasteiger partial charge on any atom is -0.410 e. The lowest BCUT2D eigenvalue weighted by atomic mass is 10.2. The lowest BCUT2D eigenvalue weighted by Crippen LogP contribution is -2.40. The van der Waals surface area contributed by atoms with Gasteiger partial charge in [-0.25, -0.2) is 0 Å². The van der Waals surface area contributed by atoms with Crippen molar-refractivity contribution in [1.82, 2.24) is 4.90 Å². The van der Waals surface area contributed by atoms with Crippen molar-refractivity contribution >= 4 is 22.1 Å². The molecule has 1 heterocycles. The first kappa shape index (κ1) is 18.0. The Kier molecular flexibility index (Phi) is 4.92. The molecule has 1 aliphatic heterocycles. The third-order valence-corrected chi connectivity index (χ3v) is 8.90. The highest BCUT2D eigenvalue weighted by Gasteiger charge is 2.49. The highest BCUT2D eigenvalue weighted by molar-refractivity contribution is 6.90. The zero-order chi connectivity index (χ0) is 17.4. The van der Waals surface area contributed by atoms with E-state index in [1.54, 1.807) is 0 Å². The number of hydrogen-bond donors (Lipinski definition) is 0. The van der Waals surface area contributed by atoms with Crippen molar-refractivity contribution in [3.8, 4) is 0 Å². The predicted octanol–water partition coefficient (Wildman–Crippen LogP) is 4.47. The van der Waals surface area contributed by atoms with Crippen molar-refractivity contribution in [2.45, 2.75) is 51.4 Å². The predicted molar refractivity (Wildman–Crippen MR) is 101 cm³/mol. The molecule has 0 fully saturated rings. The molecule has 3 nitrogen and oxygen atoms in total. The third kappa shape index (κ3) is 3.95. The molecule has 2 rings (SSSR count). The van der Waals surface area contributed by atoms with Crippen LogP contribution in [-0.4, -0.2) is 34.1 Å². The van der Waals surface area contributed by atoms with Gasteiger partial charge in [0, 0.05) is 13.6 Å². The summed E-state index contributed by atoms with van der Waals surface area (Å²) in [5.74, 6) is 0.793. The smallest absolute Gasteiger partial charge is 0.316 e. The fourth-order valence-electron chi connectivity index (χ4n) is 3.20. The summed E-state index contributed by atoms with van der Waals surface area (Å²) in [4.78, 5) is 14.7. The molecule has 0 amide bonds. The Bertz CT molecular complexity index is 612. The van der Waals surface area contributed by atoms with Gasteiger partial charge in [-0.15, -0.1) is 0 Å². The molecule has 5 heteroatoms. The topological polar surface area (TPSA) is 29.5 Å². The summed E-state index contributed by atoms with van der Waals surface area (Å²) in [6.07, 6.45) is 0. The fraction of sp³-hybridized carbons (Fsp3) is 0.500. The van der Waals surface area contributed by atoms with E-state index >= 15 is 0 Å². The van der Waals surface area contributed by atoms with Crippen LogP contribution in [-0.2, 0) is 16.1 Å². The van der Waals surface area contributed by atoms with Crippen LogP contribution in [0.15, 0.2) is 41.4 Å². The molecule has 0 saturated carbocycles. The van der Waals surface area contributed by atoms with Crippen LogP contribution >= 0.6 is 0 Å². The van der Waals surface area contributed by atoms with Gasteiger partial charge in [0.15, 0.2) is 5.88 Å². The van der Waals surface area contributed by atoms with Crippen LogP contribution in [0, 0.1) is 0 Å². The van der Waals surface area contributed by atoms with E-state index in [0.29, 0.717) is 0 Å². The Hall–Kier alpha value is -1.34. The number of carbonyl (C=O) groups is 1. The molecule has 0 aliphatic carbocycles. The summed E-state index contributed by atoms with van der Waals surface area (Å²) < 4.78 is 5.81. The van der Waals surface area contributed by atoms with Gasteiger partial charge in [-0.05, 0) is 10.8 Å². The lowest BCUT2D eigenvalue weighted by Gasteiger charge is -2.31. The standard InChI is InChI=1S/C18H29NO2Si2/c1-19(13-14-11-9-8-10-12-14)17-15(22(2,3)4)16(18(20)21-17)23(5,6)7/h8-12,16H,13H2,1-7H3. The molecule has 126 valence electrons. The summed E-state index contributed by atoms with van der Waals surface area (Å²) in [7, 11) is -1.29. The molecule has 0 aromatic heterocycles. The highest BCUT2D eigenvalue weighted by Crippen LogP contribution is 2.44. The van der Waals surface area contributed by atoms with Gasteiger partial charge >= 0.3 is 5.97 Å². The number of nitrogens with zero attached hydrogens (tertiary/aromatic N) is 1. The molecule has 1 unspecified atom stereocenters. The molecule has 0 saturated heterocycles. The van der Waals surface area contributed by atoms with Gasteiger partial charge in [-0.3, -0.25) is 4.79 Å². The van der Waals surface area contributed by atoms with E-state index in [2.05, 4.69) is 56.3 Å². The molecule has 1 aromatic rings. The zero-order valence-electron chi connectivity index (χ0n) is 15.4. The number of hydrogen-bond acceptors (Lipinski definition) is 3. The molecule has 1 aromatic carbocycles. The van der Waals surface area contributed by atoms with Gasteiger partial charge in [0.25, 0.3) is 0 Å². The van der Waals surface area contributed by atoms with Gasteiger partial charge in [0.2, 0.25) is 0 Å². The van der Waals surface area contributed by atoms with Crippen LogP contribution in [0.25, 0.3) is 0 Å². The van der Waals surface area contributed by atoms with Crippen molar-refractivity contribution in [3.63, 3.8) is 0 Å². The monoisotopic (exact) mass is 347 g/mol. The van der Waals surface area contributed by atoms with Crippen LogP contribution in [0.4, 0.5) is 0 Å². The molecule has 1 atom stereocenters. The minimum absolute atomic E-state index is 0.00221. The number of cyclic esters (lactones) is 1. The second kappa shape index (κ2) is 6.28. The van der Waals surface area contributed by atoms with Crippen LogP contribution in [0.2, 0.25) is 44.8 Å². The van der Waals surface area contributed by atoms with E-state index in [4.69, 9.17) is 4.74 Å². The second-order valence-electron chi connectivity index (χ2n) is 8.53. The summed E-state index contributed by atoms with van der Waals surface area (Å²) in [6, 6.07) is 10.3. The quantitative estimate of drug-likeness (QED) is 0.581. The number of benzene rings is 1. The van der Waals surface area contributed by atoms with E-state index in [0.717, 1.165) is 12.4 Å². The fourth-order valence-corrected chi connectivity index (χ4v) is 9.42. The highest BCUT2D eigenvalue weighted by atomic mass is 28.3. The largest absolute Gasteiger partial charge is 0.410 e. The average Bonchev–Trinajstić information content (AvgIpc) is 2.77. The second-order valence-corrected chi connectivity index (χ2v) is 18.9. The van der Waals surface area contributed by atoms with E-state index in [1.807, 2.05) is 25.2 Å². The summed E-state index contributed by atoms with van der Waals surface area (Å²) >= 11 is 0. The van der Waals surface area contributed by atoms with E-state index in [-0.39, 0.29) is 11.5 Å². The minimum atomic E-state index is -1.66. The Morgan fingerprint density at radius 1 is 1.04 bits per heavy atom. The Balaban J connectivity index is 2.41. The molecule has 0 N–H and O–H groups in total. The Morgan fingerprint density at radius 2 is 1.61 bits per heavy atom. The van der Waals surface area contributed by atoms with Crippen molar-refractivity contribution in [3.05, 3.63) is 47.0 Å². The molecule has 0 spiro atoms. The van der Waals surface area contributed by atoms with Crippen LogP contribution in [0.5, 0.6) is 0 Å². The van der Waals surface area contributed by atoms with Crippen LogP contribution in [0.3, 0.4) is 0 Å². The van der Waals surface area contributed by atoms with Gasteiger partial charge in [-0.2, -0.15) is 0 Å². The first-order valence-corrected chi connectivity index (χ1v) is 15.3. The molecule has 23 heavy (non-hydrogen) atoms. The maximum atomic E-state index is 12.6. The van der Waals surface area contributed by atoms with E-state index in [1.165, 1.54) is 10.8 Å². The molecule has 0 radical (unpaired) electrons. The van der Waals surface area contributed by atoms with Crippen molar-refractivity contribution < 1.29 is 9.53 Å². The number of ether oxygens (including phenoxy) is 1. The van der Waals surface area contributed by atoms with E-state index in [9.17, 15) is 4.79 Å². The first-order chi connectivity index (χ1) is 10.5. The Labute approximate surface area is 142 Å². The molecular formula is C18H29NO2Si2. The summed E-state index contributed by atoms with van der Waals surface area (Å²) in [5.41, 5.74) is 1.23. The average molecular weight is 348 g/mol. The normalized spacial score (nSPS) is 19.1. The maximum Gasteiger partial charge on any atom is 0.316 e. The van der Waals surface area contributed by atoms with E-state index < -0.39 is 16.1 Å². The van der Waals surface area contributed by atoms with Crippen molar-refractivity contribution in [1.29, 1.82) is 0 Å². The van der Waals surface area contributed by atoms with Gasteiger partial charge in [0.05, 0.1) is 21.7 Å². The Morgan fingerprint density at radius 3 is 2.09 bits per heavy atom. The SMILES string of the molecule is CN(Cc1ccccc1)C1=C([Si](C)(C)C)C([Si](C)(C)C)C(=O)O1. The molecule has 1 aliphatic rings. The van der Waals surface area contributed by atoms with Gasteiger partial charge in [0.1, 0.15) is 0 Å². The zero-order valence-corrected chi connectivity index (χ0v) is 17.4. The van der Waals surface area contributed by atoms with Gasteiger partial charge < -0.3 is 9.64 Å². The van der Waals surface area contributed by atoms with Crippen LogP contribution < -0.4 is 0 Å². The number of esters is 1. The lowest BCUT2D eigenvalue weighted by molar-refractivity contribution is -0.138. The third-order valence-electron chi connectivity index (χ3n) is 4.24. The number of rotatable bonds is 5. The van der Waals surface area contributed by atoms with Crippen molar-refractivity contribution in [2.75, 3.05) is 7.05 Å². The summed E-state index contributed by atoms with van der Waals surface area (Å²) in [5, 5.41) is 1.31. The molecular weight excluding hydrogens is 318 g/mol. The number of carbonyl (C=O) groups excluding carboxylic acids is 1.